The molecule has 0 saturated carbocycles. The minimum absolute atomic E-state index is 0.174. The molecular weight excluding hydrogens is 242 g/mol. The van der Waals surface area contributed by atoms with E-state index in [-0.39, 0.29) is 11.8 Å². The molecule has 2 rings (SSSR count). The molecule has 2 aliphatic rings. The fourth-order valence-electron chi connectivity index (χ4n) is 2.92. The van der Waals surface area contributed by atoms with Gasteiger partial charge in [-0.25, -0.2) is 0 Å². The molecule has 0 aliphatic carbocycles. The summed E-state index contributed by atoms with van der Waals surface area (Å²) in [7, 11) is 0. The smallest absolute Gasteiger partial charge is 0.224 e. The lowest BCUT2D eigenvalue weighted by atomic mass is 10.1. The molecule has 0 radical (unpaired) electrons. The average molecular weight is 267 g/mol. The van der Waals surface area contributed by atoms with Crippen LogP contribution in [-0.4, -0.2) is 54.3 Å². The molecule has 2 aliphatic heterocycles. The maximum atomic E-state index is 12.1. The predicted octanol–water partition coefficient (Wildman–Crippen LogP) is 0.586. The minimum atomic E-state index is 0.174. The predicted molar refractivity (Wildman–Crippen MR) is 73.4 cm³/mol. The highest BCUT2D eigenvalue weighted by Crippen LogP contribution is 2.16. The molecule has 0 aromatic rings. The molecule has 2 saturated heterocycles. The molecule has 1 atom stereocenters. The summed E-state index contributed by atoms with van der Waals surface area (Å²) in [6.45, 7) is 3.69. The molecule has 5 nitrogen and oxygen atoms in total. The van der Waals surface area contributed by atoms with Gasteiger partial charge in [-0.2, -0.15) is 0 Å². The van der Waals surface area contributed by atoms with Crippen LogP contribution in [0.5, 0.6) is 0 Å². The van der Waals surface area contributed by atoms with Crippen LogP contribution in [0.4, 0.5) is 0 Å². The van der Waals surface area contributed by atoms with Crippen LogP contribution >= 0.6 is 0 Å². The van der Waals surface area contributed by atoms with E-state index in [0.29, 0.717) is 31.8 Å². The SMILES string of the molecule is NC[C@H]1CCN(C(=O)CCN2CCCCCC2=O)C1. The molecule has 0 spiro atoms. The second-order valence-corrected chi connectivity index (χ2v) is 5.67. The van der Waals surface area contributed by atoms with Crippen molar-refractivity contribution < 1.29 is 9.59 Å². The number of hydrogen-bond acceptors (Lipinski definition) is 3. The highest BCUT2D eigenvalue weighted by molar-refractivity contribution is 5.79. The monoisotopic (exact) mass is 267 g/mol. The van der Waals surface area contributed by atoms with Crippen LogP contribution in [-0.2, 0) is 9.59 Å². The van der Waals surface area contributed by atoms with Crippen molar-refractivity contribution >= 4 is 11.8 Å². The van der Waals surface area contributed by atoms with Crippen molar-refractivity contribution in [3.8, 4) is 0 Å². The molecule has 0 unspecified atom stereocenters. The molecule has 0 aromatic carbocycles. The second-order valence-electron chi connectivity index (χ2n) is 5.67. The van der Waals surface area contributed by atoms with E-state index in [4.69, 9.17) is 5.73 Å². The van der Waals surface area contributed by atoms with Gasteiger partial charge in [-0.3, -0.25) is 9.59 Å². The van der Waals surface area contributed by atoms with Gasteiger partial charge in [0.1, 0.15) is 0 Å². The summed E-state index contributed by atoms with van der Waals surface area (Å²) >= 11 is 0. The summed E-state index contributed by atoms with van der Waals surface area (Å²) in [6, 6.07) is 0. The fourth-order valence-corrected chi connectivity index (χ4v) is 2.92. The molecule has 2 heterocycles. The third-order valence-corrected chi connectivity index (χ3v) is 4.24. The lowest BCUT2D eigenvalue weighted by molar-refractivity contribution is -0.133. The summed E-state index contributed by atoms with van der Waals surface area (Å²) in [5.41, 5.74) is 5.63. The lowest BCUT2D eigenvalue weighted by Crippen LogP contribution is -2.36. The Kier molecular flexibility index (Phi) is 5.19. The van der Waals surface area contributed by atoms with E-state index in [1.54, 1.807) is 0 Å². The van der Waals surface area contributed by atoms with Crippen LogP contribution in [0.1, 0.15) is 38.5 Å². The number of rotatable bonds is 4. The standard InChI is InChI=1S/C14H25N3O2/c15-10-12-5-8-17(11-12)14(19)6-9-16-7-3-1-2-4-13(16)18/h12H,1-11,15H2/t12-/m1/s1. The van der Waals surface area contributed by atoms with Gasteiger partial charge in [0.05, 0.1) is 0 Å². The van der Waals surface area contributed by atoms with Crippen LogP contribution in [0.3, 0.4) is 0 Å². The van der Waals surface area contributed by atoms with E-state index in [0.717, 1.165) is 45.3 Å². The molecule has 19 heavy (non-hydrogen) atoms. The third-order valence-electron chi connectivity index (χ3n) is 4.24. The van der Waals surface area contributed by atoms with E-state index in [9.17, 15) is 9.59 Å². The summed E-state index contributed by atoms with van der Waals surface area (Å²) in [5, 5.41) is 0. The number of nitrogens with zero attached hydrogens (tertiary/aromatic N) is 2. The Balaban J connectivity index is 1.75. The lowest BCUT2D eigenvalue weighted by Gasteiger charge is -2.22. The third kappa shape index (κ3) is 3.93. The molecule has 0 bridgehead atoms. The Bertz CT molecular complexity index is 333. The molecule has 5 heteroatoms. The van der Waals surface area contributed by atoms with Gasteiger partial charge >= 0.3 is 0 Å². The molecule has 2 fully saturated rings. The van der Waals surface area contributed by atoms with Crippen molar-refractivity contribution in [2.24, 2.45) is 11.7 Å². The van der Waals surface area contributed by atoms with Crippen LogP contribution in [0.2, 0.25) is 0 Å². The van der Waals surface area contributed by atoms with Gasteiger partial charge in [0.15, 0.2) is 0 Å². The van der Waals surface area contributed by atoms with Crippen LogP contribution in [0.15, 0.2) is 0 Å². The second kappa shape index (κ2) is 6.89. The van der Waals surface area contributed by atoms with E-state index in [1.165, 1.54) is 0 Å². The molecule has 2 amide bonds. The summed E-state index contributed by atoms with van der Waals surface area (Å²) in [6.07, 6.45) is 5.31. The summed E-state index contributed by atoms with van der Waals surface area (Å²) < 4.78 is 0. The fraction of sp³-hybridized carbons (Fsp3) is 0.857. The zero-order chi connectivity index (χ0) is 13.7. The van der Waals surface area contributed by atoms with Crippen molar-refractivity contribution in [2.75, 3.05) is 32.7 Å². The van der Waals surface area contributed by atoms with Gasteiger partial charge in [0, 0.05) is 39.0 Å². The number of amides is 2. The Hall–Kier alpha value is -1.10. The first-order valence-electron chi connectivity index (χ1n) is 7.46. The molecule has 108 valence electrons. The average Bonchev–Trinajstić information content (AvgIpc) is 2.81. The van der Waals surface area contributed by atoms with Gasteiger partial charge in [-0.15, -0.1) is 0 Å². The van der Waals surface area contributed by atoms with Crippen LogP contribution < -0.4 is 5.73 Å². The van der Waals surface area contributed by atoms with Crippen LogP contribution in [0.25, 0.3) is 0 Å². The van der Waals surface area contributed by atoms with Gasteiger partial charge in [-0.05, 0) is 31.7 Å². The Labute approximate surface area is 115 Å². The maximum Gasteiger partial charge on any atom is 0.224 e. The van der Waals surface area contributed by atoms with E-state index in [1.807, 2.05) is 9.80 Å². The first-order chi connectivity index (χ1) is 9.20. The Morgan fingerprint density at radius 1 is 1.26 bits per heavy atom. The number of carbonyl (C=O) groups excluding carboxylic acids is 2. The Morgan fingerprint density at radius 2 is 2.11 bits per heavy atom. The molecule has 0 aromatic heterocycles. The highest BCUT2D eigenvalue weighted by atomic mass is 16.2. The van der Waals surface area contributed by atoms with Gasteiger partial charge < -0.3 is 15.5 Å². The largest absolute Gasteiger partial charge is 0.342 e. The first-order valence-corrected chi connectivity index (χ1v) is 7.46. The van der Waals surface area contributed by atoms with Crippen molar-refractivity contribution in [2.45, 2.75) is 38.5 Å². The summed E-state index contributed by atoms with van der Waals surface area (Å²) in [4.78, 5) is 27.7. The van der Waals surface area contributed by atoms with Crippen LogP contribution in [0, 0.1) is 5.92 Å². The van der Waals surface area contributed by atoms with Crippen molar-refractivity contribution in [1.82, 2.24) is 9.80 Å². The van der Waals surface area contributed by atoms with Gasteiger partial charge in [-0.1, -0.05) is 6.42 Å². The quantitative estimate of drug-likeness (QED) is 0.810. The van der Waals surface area contributed by atoms with E-state index < -0.39 is 0 Å². The minimum Gasteiger partial charge on any atom is -0.342 e. The normalized spacial score (nSPS) is 24.7. The maximum absolute atomic E-state index is 12.1. The number of nitrogens with two attached hydrogens (primary N) is 1. The van der Waals surface area contributed by atoms with Gasteiger partial charge in [0.2, 0.25) is 11.8 Å². The van der Waals surface area contributed by atoms with Crippen molar-refractivity contribution in [3.05, 3.63) is 0 Å². The number of hydrogen-bond donors (Lipinski definition) is 1. The highest BCUT2D eigenvalue weighted by Gasteiger charge is 2.26. The zero-order valence-corrected chi connectivity index (χ0v) is 11.6. The van der Waals surface area contributed by atoms with Gasteiger partial charge in [0.25, 0.3) is 0 Å². The van der Waals surface area contributed by atoms with E-state index >= 15 is 0 Å². The van der Waals surface area contributed by atoms with Crippen molar-refractivity contribution in [1.29, 1.82) is 0 Å². The number of likely N-dealkylation sites (tertiary alicyclic amines) is 2. The number of carbonyl (C=O) groups is 2. The topological polar surface area (TPSA) is 66.6 Å². The van der Waals surface area contributed by atoms with Crippen molar-refractivity contribution in [3.63, 3.8) is 0 Å². The zero-order valence-electron chi connectivity index (χ0n) is 11.6. The first kappa shape index (κ1) is 14.3. The Morgan fingerprint density at radius 3 is 2.84 bits per heavy atom. The molecular formula is C14H25N3O2. The molecule has 2 N–H and O–H groups in total. The van der Waals surface area contributed by atoms with E-state index in [2.05, 4.69) is 0 Å². The summed E-state index contributed by atoms with van der Waals surface area (Å²) in [5.74, 6) is 0.850.